The second kappa shape index (κ2) is 3.48. The highest BCUT2D eigenvalue weighted by Crippen LogP contribution is 2.06. The minimum Gasteiger partial charge on any atom is -0.330 e. The Kier molecular flexibility index (Phi) is 3.43. The first kappa shape index (κ1) is 10.8. The first-order valence-corrected chi connectivity index (χ1v) is 4.83. The molecule has 0 rings (SSSR count). The maximum Gasteiger partial charge on any atom is 0.274 e. The van der Waals surface area contributed by atoms with Gasteiger partial charge < -0.3 is 5.73 Å². The van der Waals surface area contributed by atoms with Gasteiger partial charge in [0, 0.05) is 5.54 Å². The van der Waals surface area contributed by atoms with E-state index in [0.29, 0.717) is 13.0 Å². The van der Waals surface area contributed by atoms with E-state index in [-0.39, 0.29) is 0 Å². The molecule has 0 bridgehead atoms. The van der Waals surface area contributed by atoms with Gasteiger partial charge in [0.25, 0.3) is 10.2 Å². The first-order valence-electron chi connectivity index (χ1n) is 3.28. The van der Waals surface area contributed by atoms with E-state index >= 15 is 0 Å². The van der Waals surface area contributed by atoms with Gasteiger partial charge in [-0.3, -0.25) is 0 Å². The van der Waals surface area contributed by atoms with Crippen molar-refractivity contribution in [3.63, 3.8) is 0 Å². The third-order valence-corrected chi connectivity index (χ3v) is 2.02. The van der Waals surface area contributed by atoms with Crippen LogP contribution in [0.1, 0.15) is 20.3 Å². The molecule has 0 aromatic heterocycles. The fourth-order valence-electron chi connectivity index (χ4n) is 0.797. The van der Waals surface area contributed by atoms with Crippen LogP contribution in [-0.4, -0.2) is 20.5 Å². The third-order valence-electron chi connectivity index (χ3n) is 1.19. The first-order chi connectivity index (χ1) is 4.77. The fourth-order valence-corrected chi connectivity index (χ4v) is 1.67. The van der Waals surface area contributed by atoms with Gasteiger partial charge in [0.15, 0.2) is 0 Å². The van der Waals surface area contributed by atoms with Crippen molar-refractivity contribution < 1.29 is 8.42 Å². The molecule has 0 aliphatic carbocycles. The maximum absolute atomic E-state index is 10.5. The molecule has 0 saturated carbocycles. The SMILES string of the molecule is CC(C)(CCN)NS(N)(=O)=O. The van der Waals surface area contributed by atoms with E-state index in [2.05, 4.69) is 4.72 Å². The van der Waals surface area contributed by atoms with Crippen molar-refractivity contribution in [2.45, 2.75) is 25.8 Å². The average Bonchev–Trinajstić information content (AvgIpc) is 1.55. The van der Waals surface area contributed by atoms with E-state index < -0.39 is 15.7 Å². The highest BCUT2D eigenvalue weighted by Gasteiger charge is 2.20. The minimum atomic E-state index is -3.61. The third kappa shape index (κ3) is 6.24. The second-order valence-electron chi connectivity index (χ2n) is 3.07. The van der Waals surface area contributed by atoms with Crippen LogP contribution in [0.5, 0.6) is 0 Å². The second-order valence-corrected chi connectivity index (χ2v) is 4.36. The molecule has 0 aromatic rings. The summed E-state index contributed by atoms with van der Waals surface area (Å²) >= 11 is 0. The normalized spacial score (nSPS) is 13.5. The Bertz CT molecular complexity index is 210. The molecule has 11 heavy (non-hydrogen) atoms. The van der Waals surface area contributed by atoms with Gasteiger partial charge in [-0.15, -0.1) is 0 Å². The summed E-state index contributed by atoms with van der Waals surface area (Å²) in [6.45, 7) is 3.88. The van der Waals surface area contributed by atoms with Gasteiger partial charge in [-0.05, 0) is 26.8 Å². The van der Waals surface area contributed by atoms with Crippen LogP contribution in [0.25, 0.3) is 0 Å². The van der Waals surface area contributed by atoms with E-state index in [1.807, 2.05) is 0 Å². The summed E-state index contributed by atoms with van der Waals surface area (Å²) in [5.41, 5.74) is 4.70. The molecular weight excluding hydrogens is 166 g/mol. The van der Waals surface area contributed by atoms with E-state index in [1.54, 1.807) is 13.8 Å². The molecular formula is C5H15N3O2S. The summed E-state index contributed by atoms with van der Waals surface area (Å²) in [5.74, 6) is 0. The molecule has 0 atom stereocenters. The molecule has 0 heterocycles. The van der Waals surface area contributed by atoms with Crippen molar-refractivity contribution in [1.29, 1.82) is 0 Å². The van der Waals surface area contributed by atoms with Gasteiger partial charge in [0.2, 0.25) is 0 Å². The lowest BCUT2D eigenvalue weighted by atomic mass is 10.0. The van der Waals surface area contributed by atoms with Gasteiger partial charge in [-0.1, -0.05) is 0 Å². The lowest BCUT2D eigenvalue weighted by Gasteiger charge is -2.23. The number of nitrogens with one attached hydrogen (secondary N) is 1. The van der Waals surface area contributed by atoms with Crippen LogP contribution in [0.3, 0.4) is 0 Å². The molecule has 5 nitrogen and oxygen atoms in total. The largest absolute Gasteiger partial charge is 0.330 e. The van der Waals surface area contributed by atoms with E-state index in [0.717, 1.165) is 0 Å². The van der Waals surface area contributed by atoms with Crippen LogP contribution >= 0.6 is 0 Å². The predicted octanol–water partition coefficient (Wildman–Crippen LogP) is -1.09. The molecule has 0 spiro atoms. The topological polar surface area (TPSA) is 98.2 Å². The molecule has 0 fully saturated rings. The zero-order chi connectivity index (χ0) is 9.12. The Labute approximate surface area is 67.3 Å². The van der Waals surface area contributed by atoms with Crippen LogP contribution in [0, 0.1) is 0 Å². The van der Waals surface area contributed by atoms with Gasteiger partial charge >= 0.3 is 0 Å². The Morgan fingerprint density at radius 3 is 2.18 bits per heavy atom. The molecule has 0 amide bonds. The van der Waals surface area contributed by atoms with Crippen LogP contribution < -0.4 is 15.6 Å². The summed E-state index contributed by atoms with van der Waals surface area (Å²) in [6, 6.07) is 0. The maximum atomic E-state index is 10.5. The molecule has 5 N–H and O–H groups in total. The molecule has 0 aromatic carbocycles. The van der Waals surface area contributed by atoms with Crippen LogP contribution in [0.15, 0.2) is 0 Å². The Hall–Kier alpha value is -0.170. The summed E-state index contributed by atoms with van der Waals surface area (Å²) in [4.78, 5) is 0. The highest BCUT2D eigenvalue weighted by atomic mass is 32.2. The van der Waals surface area contributed by atoms with Gasteiger partial charge in [0.1, 0.15) is 0 Å². The molecule has 0 radical (unpaired) electrons. The quantitative estimate of drug-likeness (QED) is 0.513. The molecule has 6 heteroatoms. The van der Waals surface area contributed by atoms with Crippen LogP contribution in [0.4, 0.5) is 0 Å². The van der Waals surface area contributed by atoms with Gasteiger partial charge in [-0.2, -0.15) is 13.1 Å². The van der Waals surface area contributed by atoms with Gasteiger partial charge in [0.05, 0.1) is 0 Å². The Morgan fingerprint density at radius 2 is 1.91 bits per heavy atom. The van der Waals surface area contributed by atoms with Crippen LogP contribution in [-0.2, 0) is 10.2 Å². The minimum absolute atomic E-state index is 0.426. The van der Waals surface area contributed by atoms with Crippen molar-refractivity contribution in [2.75, 3.05) is 6.54 Å². The van der Waals surface area contributed by atoms with Crippen LogP contribution in [0.2, 0.25) is 0 Å². The van der Waals surface area contributed by atoms with Crippen molar-refractivity contribution in [3.05, 3.63) is 0 Å². The monoisotopic (exact) mass is 181 g/mol. The molecule has 0 aliphatic rings. The highest BCUT2D eigenvalue weighted by molar-refractivity contribution is 7.87. The van der Waals surface area contributed by atoms with E-state index in [4.69, 9.17) is 10.9 Å². The summed E-state index contributed by atoms with van der Waals surface area (Å²) < 4.78 is 23.4. The Balaban J connectivity index is 4.13. The summed E-state index contributed by atoms with van der Waals surface area (Å²) in [7, 11) is -3.61. The average molecular weight is 181 g/mol. The van der Waals surface area contributed by atoms with Crippen molar-refractivity contribution in [3.8, 4) is 0 Å². The lowest BCUT2D eigenvalue weighted by molar-refractivity contribution is 0.428. The number of nitrogens with two attached hydrogens (primary N) is 2. The summed E-state index contributed by atoms with van der Waals surface area (Å²) in [6.07, 6.45) is 0.559. The molecule has 0 unspecified atom stereocenters. The van der Waals surface area contributed by atoms with Gasteiger partial charge in [-0.25, -0.2) is 5.14 Å². The fraction of sp³-hybridized carbons (Fsp3) is 1.00. The standard InChI is InChI=1S/C5H15N3O2S/c1-5(2,3-4-6)8-11(7,9)10/h8H,3-4,6H2,1-2H3,(H2,7,9,10). The molecule has 68 valence electrons. The van der Waals surface area contributed by atoms with Crippen molar-refractivity contribution in [2.24, 2.45) is 10.9 Å². The predicted molar refractivity (Wildman–Crippen MR) is 44.0 cm³/mol. The number of hydrogen-bond acceptors (Lipinski definition) is 3. The zero-order valence-electron chi connectivity index (χ0n) is 6.79. The van der Waals surface area contributed by atoms with Crippen molar-refractivity contribution >= 4 is 10.2 Å². The van der Waals surface area contributed by atoms with Crippen molar-refractivity contribution in [1.82, 2.24) is 4.72 Å². The molecule has 0 aliphatic heterocycles. The molecule has 0 saturated heterocycles. The Morgan fingerprint density at radius 1 is 1.45 bits per heavy atom. The smallest absolute Gasteiger partial charge is 0.274 e. The number of rotatable bonds is 4. The van der Waals surface area contributed by atoms with E-state index in [1.165, 1.54) is 0 Å². The van der Waals surface area contributed by atoms with E-state index in [9.17, 15) is 8.42 Å². The summed E-state index contributed by atoms with van der Waals surface area (Å²) in [5, 5.41) is 4.77. The lowest BCUT2D eigenvalue weighted by Crippen LogP contribution is -2.47. The zero-order valence-corrected chi connectivity index (χ0v) is 7.61. The number of hydrogen-bond donors (Lipinski definition) is 3.